The Morgan fingerprint density at radius 2 is 2.31 bits per heavy atom. The molecule has 0 heterocycles. The van der Waals surface area contributed by atoms with E-state index < -0.39 is 0 Å². The summed E-state index contributed by atoms with van der Waals surface area (Å²) in [4.78, 5) is 0. The third kappa shape index (κ3) is 4.12. The molecule has 0 heteroatoms. The third-order valence-electron chi connectivity index (χ3n) is 2.57. The van der Waals surface area contributed by atoms with Gasteiger partial charge in [0.2, 0.25) is 0 Å². The Morgan fingerprint density at radius 1 is 1.46 bits per heavy atom. The van der Waals surface area contributed by atoms with Crippen molar-refractivity contribution in [2.75, 3.05) is 0 Å². The monoisotopic (exact) mass is 176 g/mol. The van der Waals surface area contributed by atoms with Gasteiger partial charge in [-0.1, -0.05) is 36.8 Å². The van der Waals surface area contributed by atoms with Gasteiger partial charge in [-0.3, -0.25) is 0 Å². The second kappa shape index (κ2) is 5.80. The van der Waals surface area contributed by atoms with Crippen LogP contribution in [-0.4, -0.2) is 0 Å². The second-order valence-electron chi connectivity index (χ2n) is 3.97. The fraction of sp³-hybridized carbons (Fsp3) is 0.538. The maximum Gasteiger partial charge on any atom is -0.0291 e. The molecule has 1 saturated carbocycles. The lowest BCUT2D eigenvalue weighted by atomic mass is 10.1. The summed E-state index contributed by atoms with van der Waals surface area (Å²) in [6.07, 6.45) is 14.9. The summed E-state index contributed by atoms with van der Waals surface area (Å²) in [7, 11) is 0. The van der Waals surface area contributed by atoms with Crippen molar-refractivity contribution in [1.29, 1.82) is 0 Å². The maximum absolute atomic E-state index is 3.70. The van der Waals surface area contributed by atoms with E-state index in [0.29, 0.717) is 0 Å². The van der Waals surface area contributed by atoms with E-state index in [-0.39, 0.29) is 0 Å². The first kappa shape index (κ1) is 10.3. The summed E-state index contributed by atoms with van der Waals surface area (Å²) in [5.74, 6) is 0.910. The molecule has 13 heavy (non-hydrogen) atoms. The van der Waals surface area contributed by atoms with Crippen LogP contribution in [0.1, 0.15) is 39.0 Å². The zero-order valence-electron chi connectivity index (χ0n) is 8.63. The molecule has 1 aliphatic rings. The van der Waals surface area contributed by atoms with Crippen molar-refractivity contribution >= 4 is 0 Å². The molecule has 0 aromatic carbocycles. The molecule has 0 nitrogen and oxygen atoms in total. The minimum atomic E-state index is 0.910. The van der Waals surface area contributed by atoms with E-state index in [2.05, 4.69) is 31.7 Å². The van der Waals surface area contributed by atoms with Gasteiger partial charge in [-0.05, 0) is 38.0 Å². The van der Waals surface area contributed by atoms with Crippen LogP contribution in [0.25, 0.3) is 0 Å². The Hall–Kier alpha value is -0.780. The number of unbranched alkanes of at least 4 members (excludes halogenated alkanes) is 1. The molecule has 1 unspecified atom stereocenters. The van der Waals surface area contributed by atoms with E-state index in [0.717, 1.165) is 18.8 Å². The largest absolute Gasteiger partial charge is 0.103 e. The summed E-state index contributed by atoms with van der Waals surface area (Å²) in [6.45, 7) is 6.03. The molecule has 0 N–H and O–H groups in total. The van der Waals surface area contributed by atoms with Crippen molar-refractivity contribution < 1.29 is 0 Å². The van der Waals surface area contributed by atoms with Crippen molar-refractivity contribution in [3.05, 3.63) is 36.5 Å². The van der Waals surface area contributed by atoms with Gasteiger partial charge in [0.1, 0.15) is 0 Å². The fourth-order valence-electron chi connectivity index (χ4n) is 1.75. The lowest BCUT2D eigenvalue weighted by Crippen LogP contribution is -1.80. The molecule has 0 aromatic heterocycles. The summed E-state index contributed by atoms with van der Waals surface area (Å²) >= 11 is 0. The smallest absolute Gasteiger partial charge is 0.0291 e. The Labute approximate surface area is 82.0 Å². The maximum atomic E-state index is 3.70. The zero-order valence-corrected chi connectivity index (χ0v) is 8.63. The highest BCUT2D eigenvalue weighted by Crippen LogP contribution is 2.29. The minimum Gasteiger partial charge on any atom is -0.103 e. The van der Waals surface area contributed by atoms with Crippen molar-refractivity contribution in [3.63, 3.8) is 0 Å². The van der Waals surface area contributed by atoms with Crippen molar-refractivity contribution in [2.45, 2.75) is 39.0 Å². The predicted octanol–water partition coefficient (Wildman–Crippen LogP) is 4.26. The number of hydrogen-bond acceptors (Lipinski definition) is 0. The van der Waals surface area contributed by atoms with Crippen LogP contribution in [0.15, 0.2) is 36.5 Å². The number of hydrogen-bond donors (Lipinski definition) is 0. The first-order valence-corrected chi connectivity index (χ1v) is 5.28. The molecule has 0 spiro atoms. The molecular formula is C13H20. The Bertz CT molecular complexity index is 208. The van der Waals surface area contributed by atoms with Crippen LogP contribution >= 0.6 is 0 Å². The van der Waals surface area contributed by atoms with Crippen molar-refractivity contribution in [1.82, 2.24) is 0 Å². The van der Waals surface area contributed by atoms with E-state index in [1.807, 2.05) is 6.08 Å². The molecule has 1 rings (SSSR count). The number of allylic oxidation sites excluding steroid dienone is 5. The van der Waals surface area contributed by atoms with Crippen LogP contribution in [0.4, 0.5) is 0 Å². The second-order valence-corrected chi connectivity index (χ2v) is 3.97. The topological polar surface area (TPSA) is 0 Å². The molecule has 1 fully saturated rings. The van der Waals surface area contributed by atoms with Gasteiger partial charge in [0, 0.05) is 0 Å². The third-order valence-corrected chi connectivity index (χ3v) is 2.57. The molecule has 0 saturated heterocycles. The first-order valence-electron chi connectivity index (χ1n) is 5.28. The van der Waals surface area contributed by atoms with Gasteiger partial charge < -0.3 is 0 Å². The molecule has 72 valence electrons. The molecule has 0 aromatic rings. The highest BCUT2D eigenvalue weighted by molar-refractivity contribution is 5.15. The quantitative estimate of drug-likeness (QED) is 0.443. The Balaban J connectivity index is 2.23. The predicted molar refractivity (Wildman–Crippen MR) is 59.7 cm³/mol. The van der Waals surface area contributed by atoms with Crippen molar-refractivity contribution in [2.24, 2.45) is 5.92 Å². The van der Waals surface area contributed by atoms with Crippen LogP contribution in [0.3, 0.4) is 0 Å². The summed E-state index contributed by atoms with van der Waals surface area (Å²) in [6, 6.07) is 0. The molecule has 1 aliphatic carbocycles. The minimum absolute atomic E-state index is 0.910. The van der Waals surface area contributed by atoms with E-state index in [9.17, 15) is 0 Å². The van der Waals surface area contributed by atoms with Gasteiger partial charge in [0.25, 0.3) is 0 Å². The van der Waals surface area contributed by atoms with Crippen LogP contribution in [0.5, 0.6) is 0 Å². The molecule has 0 radical (unpaired) electrons. The van der Waals surface area contributed by atoms with E-state index >= 15 is 0 Å². The van der Waals surface area contributed by atoms with Gasteiger partial charge in [0.05, 0.1) is 0 Å². The molecular weight excluding hydrogens is 156 g/mol. The SMILES string of the molecule is C=CCCC=CC=C1CCC(C)C1. The molecule has 1 atom stereocenters. The van der Waals surface area contributed by atoms with Crippen LogP contribution in [-0.2, 0) is 0 Å². The van der Waals surface area contributed by atoms with E-state index in [4.69, 9.17) is 0 Å². The lowest BCUT2D eigenvalue weighted by Gasteiger charge is -1.94. The normalized spacial score (nSPS) is 25.9. The van der Waals surface area contributed by atoms with Crippen LogP contribution < -0.4 is 0 Å². The highest BCUT2D eigenvalue weighted by Gasteiger charge is 2.13. The van der Waals surface area contributed by atoms with Crippen molar-refractivity contribution in [3.8, 4) is 0 Å². The Morgan fingerprint density at radius 3 is 2.92 bits per heavy atom. The average molecular weight is 176 g/mol. The fourth-order valence-corrected chi connectivity index (χ4v) is 1.75. The van der Waals surface area contributed by atoms with Gasteiger partial charge >= 0.3 is 0 Å². The summed E-state index contributed by atoms with van der Waals surface area (Å²) < 4.78 is 0. The van der Waals surface area contributed by atoms with Gasteiger partial charge in [-0.15, -0.1) is 6.58 Å². The average Bonchev–Trinajstić information content (AvgIpc) is 2.51. The summed E-state index contributed by atoms with van der Waals surface area (Å²) in [5, 5.41) is 0. The first-order chi connectivity index (χ1) is 6.33. The number of rotatable bonds is 4. The molecule has 0 bridgehead atoms. The van der Waals surface area contributed by atoms with Crippen LogP contribution in [0, 0.1) is 5.92 Å². The standard InChI is InChI=1S/C13H20/c1-3-4-5-6-7-8-13-10-9-12(2)11-13/h3,6-8,12H,1,4-5,9-11H2,2H3. The van der Waals surface area contributed by atoms with Gasteiger partial charge in [-0.2, -0.15) is 0 Å². The zero-order chi connectivity index (χ0) is 9.52. The van der Waals surface area contributed by atoms with E-state index in [1.165, 1.54) is 19.3 Å². The Kier molecular flexibility index (Phi) is 4.59. The molecule has 0 amide bonds. The van der Waals surface area contributed by atoms with Gasteiger partial charge in [0.15, 0.2) is 0 Å². The summed E-state index contributed by atoms with van der Waals surface area (Å²) in [5.41, 5.74) is 1.63. The van der Waals surface area contributed by atoms with E-state index in [1.54, 1.807) is 5.57 Å². The van der Waals surface area contributed by atoms with Crippen LogP contribution in [0.2, 0.25) is 0 Å². The highest BCUT2D eigenvalue weighted by atomic mass is 14.2. The lowest BCUT2D eigenvalue weighted by molar-refractivity contribution is 0.620. The molecule has 0 aliphatic heterocycles. The van der Waals surface area contributed by atoms with Gasteiger partial charge in [-0.25, -0.2) is 0 Å².